The lowest BCUT2D eigenvalue weighted by Crippen LogP contribution is -2.36. The van der Waals surface area contributed by atoms with Gasteiger partial charge < -0.3 is 15.4 Å². The third kappa shape index (κ3) is 6.68. The first-order chi connectivity index (χ1) is 14.0. The van der Waals surface area contributed by atoms with Crippen molar-refractivity contribution < 1.29 is 13.5 Å². The first-order valence-electron chi connectivity index (χ1n) is 9.13. The fraction of sp³-hybridized carbons (Fsp3) is 0.238. The highest BCUT2D eigenvalue weighted by atomic mass is 127. The molecule has 2 N–H and O–H groups in total. The van der Waals surface area contributed by atoms with E-state index in [0.29, 0.717) is 24.6 Å². The van der Waals surface area contributed by atoms with Crippen LogP contribution in [-0.2, 0) is 13.1 Å². The summed E-state index contributed by atoms with van der Waals surface area (Å²) < 4.78 is 31.6. The van der Waals surface area contributed by atoms with Gasteiger partial charge in [-0.25, -0.2) is 4.68 Å². The van der Waals surface area contributed by atoms with Gasteiger partial charge in [0.15, 0.2) is 5.96 Å². The maximum absolute atomic E-state index is 12.6. The molecule has 160 valence electrons. The lowest BCUT2D eigenvalue weighted by atomic mass is 10.1. The van der Waals surface area contributed by atoms with Crippen molar-refractivity contribution in [2.45, 2.75) is 26.6 Å². The van der Waals surface area contributed by atoms with E-state index in [1.807, 2.05) is 49.5 Å². The lowest BCUT2D eigenvalue weighted by molar-refractivity contribution is -0.0504. The van der Waals surface area contributed by atoms with Crippen LogP contribution in [0.15, 0.2) is 65.9 Å². The molecule has 0 fully saturated rings. The van der Waals surface area contributed by atoms with Crippen molar-refractivity contribution in [3.63, 3.8) is 0 Å². The molecule has 0 saturated heterocycles. The minimum Gasteiger partial charge on any atom is -0.434 e. The molecule has 3 aromatic rings. The van der Waals surface area contributed by atoms with Crippen molar-refractivity contribution in [3.05, 3.63) is 77.6 Å². The largest absolute Gasteiger partial charge is 0.434 e. The molecule has 6 nitrogen and oxygen atoms in total. The van der Waals surface area contributed by atoms with E-state index in [0.717, 1.165) is 16.8 Å². The van der Waals surface area contributed by atoms with Gasteiger partial charge in [-0.15, -0.1) is 24.0 Å². The Bertz CT molecular complexity index is 947. The summed E-state index contributed by atoms with van der Waals surface area (Å²) in [5.41, 5.74) is 3.65. The summed E-state index contributed by atoms with van der Waals surface area (Å²) in [5.74, 6) is 0.716. The first-order valence-corrected chi connectivity index (χ1v) is 9.13. The molecule has 2 aromatic carbocycles. The van der Waals surface area contributed by atoms with Crippen LogP contribution in [-0.4, -0.2) is 29.4 Å². The van der Waals surface area contributed by atoms with Gasteiger partial charge in [0.2, 0.25) is 0 Å². The Hall–Kier alpha value is -2.69. The van der Waals surface area contributed by atoms with Gasteiger partial charge in [0.05, 0.1) is 5.69 Å². The molecule has 0 aliphatic heterocycles. The second-order valence-electron chi connectivity index (χ2n) is 6.39. The molecule has 30 heavy (non-hydrogen) atoms. The van der Waals surface area contributed by atoms with E-state index in [1.54, 1.807) is 30.1 Å². The zero-order valence-electron chi connectivity index (χ0n) is 16.7. The maximum atomic E-state index is 12.6. The summed E-state index contributed by atoms with van der Waals surface area (Å²) in [4.78, 5) is 4.18. The topological polar surface area (TPSA) is 63.5 Å². The fourth-order valence-electron chi connectivity index (χ4n) is 2.83. The minimum absolute atomic E-state index is 0. The van der Waals surface area contributed by atoms with Crippen LogP contribution in [0.4, 0.5) is 8.78 Å². The van der Waals surface area contributed by atoms with E-state index in [9.17, 15) is 8.78 Å². The number of benzene rings is 2. The Labute approximate surface area is 191 Å². The number of hydrogen-bond donors (Lipinski definition) is 2. The molecular weight excluding hydrogens is 503 g/mol. The quantitative estimate of drug-likeness (QED) is 0.274. The average molecular weight is 527 g/mol. The normalized spacial score (nSPS) is 11.2. The predicted octanol–water partition coefficient (Wildman–Crippen LogP) is 4.27. The first kappa shape index (κ1) is 23.6. The molecular formula is C21H24F2IN5O. The highest BCUT2D eigenvalue weighted by molar-refractivity contribution is 14.0. The van der Waals surface area contributed by atoms with Crippen molar-refractivity contribution in [1.29, 1.82) is 0 Å². The Kier molecular flexibility index (Phi) is 9.03. The molecule has 3 rings (SSSR count). The van der Waals surface area contributed by atoms with Crippen molar-refractivity contribution in [1.82, 2.24) is 20.4 Å². The van der Waals surface area contributed by atoms with Crippen LogP contribution in [0, 0.1) is 6.92 Å². The van der Waals surface area contributed by atoms with E-state index in [4.69, 9.17) is 0 Å². The predicted molar refractivity (Wildman–Crippen MR) is 124 cm³/mol. The smallest absolute Gasteiger partial charge is 0.387 e. The van der Waals surface area contributed by atoms with Gasteiger partial charge in [0, 0.05) is 38.1 Å². The number of alkyl halides is 2. The molecule has 0 spiro atoms. The van der Waals surface area contributed by atoms with Crippen molar-refractivity contribution in [2.24, 2.45) is 4.99 Å². The Morgan fingerprint density at radius 3 is 2.50 bits per heavy atom. The second-order valence-corrected chi connectivity index (χ2v) is 6.39. The van der Waals surface area contributed by atoms with Crippen LogP contribution >= 0.6 is 24.0 Å². The van der Waals surface area contributed by atoms with Gasteiger partial charge in [0.1, 0.15) is 5.75 Å². The monoisotopic (exact) mass is 527 g/mol. The Morgan fingerprint density at radius 2 is 1.87 bits per heavy atom. The minimum atomic E-state index is -2.86. The molecule has 0 aliphatic carbocycles. The van der Waals surface area contributed by atoms with Crippen LogP contribution in [0.1, 0.15) is 16.7 Å². The van der Waals surface area contributed by atoms with E-state index in [1.165, 1.54) is 0 Å². The number of ether oxygens (including phenoxy) is 1. The number of rotatable bonds is 7. The summed E-state index contributed by atoms with van der Waals surface area (Å²) in [5, 5.41) is 10.5. The SMILES string of the molecule is CN=C(NCc1ccc(-n2cccn2)cc1)NCc1cc(C)ccc1OC(F)F.I. The summed E-state index contributed by atoms with van der Waals surface area (Å²) >= 11 is 0. The summed E-state index contributed by atoms with van der Waals surface area (Å²) in [6.07, 6.45) is 3.62. The van der Waals surface area contributed by atoms with Gasteiger partial charge >= 0.3 is 6.61 Å². The number of hydrogen-bond acceptors (Lipinski definition) is 3. The van der Waals surface area contributed by atoms with Crippen LogP contribution in [0.5, 0.6) is 5.75 Å². The summed E-state index contributed by atoms with van der Waals surface area (Å²) in [7, 11) is 1.66. The number of aliphatic imine (C=N–C) groups is 1. The van der Waals surface area contributed by atoms with Gasteiger partial charge in [-0.1, -0.05) is 29.8 Å². The molecule has 1 heterocycles. The highest BCUT2D eigenvalue weighted by Crippen LogP contribution is 2.22. The van der Waals surface area contributed by atoms with Crippen molar-refractivity contribution >= 4 is 29.9 Å². The van der Waals surface area contributed by atoms with E-state index >= 15 is 0 Å². The Balaban J connectivity index is 0.00000320. The third-order valence-electron chi connectivity index (χ3n) is 4.27. The van der Waals surface area contributed by atoms with E-state index in [-0.39, 0.29) is 29.7 Å². The number of aromatic nitrogens is 2. The number of halogens is 3. The van der Waals surface area contributed by atoms with Crippen molar-refractivity contribution in [2.75, 3.05) is 7.05 Å². The van der Waals surface area contributed by atoms with Gasteiger partial charge in [0.25, 0.3) is 0 Å². The molecule has 1 aromatic heterocycles. The average Bonchev–Trinajstić information content (AvgIpc) is 3.25. The molecule has 9 heteroatoms. The van der Waals surface area contributed by atoms with Gasteiger partial charge in [-0.3, -0.25) is 4.99 Å². The Morgan fingerprint density at radius 1 is 1.13 bits per heavy atom. The molecule has 0 bridgehead atoms. The van der Waals surface area contributed by atoms with Gasteiger partial charge in [-0.2, -0.15) is 13.9 Å². The summed E-state index contributed by atoms with van der Waals surface area (Å²) in [6.45, 7) is -0.0940. The fourth-order valence-corrected chi connectivity index (χ4v) is 2.83. The molecule has 0 amide bonds. The zero-order chi connectivity index (χ0) is 20.6. The third-order valence-corrected chi connectivity index (χ3v) is 4.27. The highest BCUT2D eigenvalue weighted by Gasteiger charge is 2.10. The molecule has 0 aliphatic rings. The van der Waals surface area contributed by atoms with E-state index < -0.39 is 6.61 Å². The molecule has 0 radical (unpaired) electrons. The molecule has 0 saturated carbocycles. The molecule has 0 atom stereocenters. The lowest BCUT2D eigenvalue weighted by Gasteiger charge is -2.15. The second kappa shape index (κ2) is 11.5. The van der Waals surface area contributed by atoms with Crippen LogP contribution in [0.2, 0.25) is 0 Å². The van der Waals surface area contributed by atoms with Crippen LogP contribution in [0.3, 0.4) is 0 Å². The van der Waals surface area contributed by atoms with Crippen molar-refractivity contribution in [3.8, 4) is 11.4 Å². The maximum Gasteiger partial charge on any atom is 0.387 e. The number of aryl methyl sites for hydroxylation is 1. The number of nitrogens with one attached hydrogen (secondary N) is 2. The van der Waals surface area contributed by atoms with E-state index in [2.05, 4.69) is 25.5 Å². The van der Waals surface area contributed by atoms with Crippen LogP contribution in [0.25, 0.3) is 5.69 Å². The van der Waals surface area contributed by atoms with Crippen LogP contribution < -0.4 is 15.4 Å². The number of nitrogens with zero attached hydrogens (tertiary/aromatic N) is 3. The number of guanidine groups is 1. The standard InChI is InChI=1S/C21H23F2N5O.HI/c1-15-4-9-19(29-20(22)23)17(12-15)14-26-21(24-2)25-13-16-5-7-18(8-6-16)28-11-3-10-27-28;/h3-12,20H,13-14H2,1-2H3,(H2,24,25,26);1H. The zero-order valence-corrected chi connectivity index (χ0v) is 19.0. The molecule has 0 unspecified atom stereocenters. The summed E-state index contributed by atoms with van der Waals surface area (Å²) in [6, 6.07) is 15.0. The van der Waals surface area contributed by atoms with Gasteiger partial charge in [-0.05, 0) is 36.8 Å².